The molecule has 2 rings (SSSR count). The van der Waals surface area contributed by atoms with Crippen LogP contribution in [0.15, 0.2) is 0 Å². The molecule has 13 heteroatoms. The number of nitrogens with zero attached hydrogens (tertiary/aromatic N) is 1. The summed E-state index contributed by atoms with van der Waals surface area (Å²) in [6.07, 6.45) is -4.40. The number of phosphoric ester groups is 1. The lowest BCUT2D eigenvalue weighted by atomic mass is 10.1. The molecule has 1 unspecified atom stereocenters. The fourth-order valence-electron chi connectivity index (χ4n) is 2.51. The van der Waals surface area contributed by atoms with Gasteiger partial charge in [-0.05, 0) is 0 Å². The summed E-state index contributed by atoms with van der Waals surface area (Å²) in [7, 11) is -4.87. The first-order valence-corrected chi connectivity index (χ1v) is 8.00. The third kappa shape index (κ3) is 4.05. The summed E-state index contributed by atoms with van der Waals surface area (Å²) in [6.45, 7) is -0.659. The summed E-state index contributed by atoms with van der Waals surface area (Å²) >= 11 is 0. The smallest absolute Gasteiger partial charge is 0.469 e. The largest absolute Gasteiger partial charge is 0.480 e. The zero-order valence-corrected chi connectivity index (χ0v) is 12.5. The zero-order chi connectivity index (χ0) is 17.4. The van der Waals surface area contributed by atoms with Crippen molar-refractivity contribution in [1.29, 1.82) is 0 Å². The molecule has 0 radical (unpaired) electrons. The molecule has 5 N–H and O–H groups in total. The topological polar surface area (TPSA) is 183 Å². The second kappa shape index (κ2) is 6.51. The molecule has 2 fully saturated rings. The maximum atomic E-state index is 11.9. The molecule has 4 atom stereocenters. The summed E-state index contributed by atoms with van der Waals surface area (Å²) in [6, 6.07) is -2.50. The average Bonchev–Trinajstić information content (AvgIpc) is 2.77. The molecule has 0 aromatic heterocycles. The van der Waals surface area contributed by atoms with E-state index in [0.29, 0.717) is 0 Å². The second-order valence-electron chi connectivity index (χ2n) is 5.00. The van der Waals surface area contributed by atoms with Gasteiger partial charge in [0.2, 0.25) is 5.91 Å². The van der Waals surface area contributed by atoms with Crippen LogP contribution < -0.4 is 5.32 Å². The van der Waals surface area contributed by atoms with E-state index < -0.39 is 63.2 Å². The number of carbonyl (C=O) groups excluding carboxylic acids is 2. The summed E-state index contributed by atoms with van der Waals surface area (Å²) in [5.41, 5.74) is 0. The highest BCUT2D eigenvalue weighted by molar-refractivity contribution is 7.46. The molecule has 130 valence electrons. The minimum Gasteiger partial charge on any atom is -0.480 e. The molecular weight excluding hydrogens is 339 g/mol. The van der Waals surface area contributed by atoms with Crippen LogP contribution in [-0.4, -0.2) is 73.9 Å². The van der Waals surface area contributed by atoms with Crippen molar-refractivity contribution < 1.29 is 48.2 Å². The molecule has 2 aliphatic rings. The summed E-state index contributed by atoms with van der Waals surface area (Å²) in [4.78, 5) is 52.8. The number of carbonyl (C=O) groups is 3. The quantitative estimate of drug-likeness (QED) is 0.345. The molecular formula is C10H15N2O10P. The van der Waals surface area contributed by atoms with Gasteiger partial charge in [-0.15, -0.1) is 0 Å². The van der Waals surface area contributed by atoms with Gasteiger partial charge in [-0.2, -0.15) is 0 Å². The van der Waals surface area contributed by atoms with E-state index in [4.69, 9.17) is 19.6 Å². The molecule has 2 heterocycles. The third-order valence-electron chi connectivity index (χ3n) is 3.42. The second-order valence-corrected chi connectivity index (χ2v) is 6.19. The first-order chi connectivity index (χ1) is 10.6. The van der Waals surface area contributed by atoms with Crippen LogP contribution in [0.2, 0.25) is 0 Å². The lowest BCUT2D eigenvalue weighted by molar-refractivity contribution is -0.152. The van der Waals surface area contributed by atoms with E-state index in [9.17, 15) is 24.1 Å². The van der Waals surface area contributed by atoms with Crippen LogP contribution in [0.25, 0.3) is 0 Å². The Labute approximate surface area is 129 Å². The number of amides is 3. The standard InChI is InChI=1S/C10H15N2O10P/c13-3-6-5(22-23(18,19)20)2-8(21-6)12-4(9(15)16)1-7(14)11-10(12)17/h4-6,8,13H,1-3H2,(H,15,16)(H,11,14,17)(H2,18,19,20)/t4?,5-,6+,8+/m0/s1. The number of imide groups is 1. The van der Waals surface area contributed by atoms with E-state index in [1.54, 1.807) is 0 Å². The van der Waals surface area contributed by atoms with Gasteiger partial charge in [-0.3, -0.25) is 19.5 Å². The lowest BCUT2D eigenvalue weighted by Gasteiger charge is -2.36. The van der Waals surface area contributed by atoms with Crippen molar-refractivity contribution in [2.24, 2.45) is 0 Å². The van der Waals surface area contributed by atoms with Crippen LogP contribution in [0.5, 0.6) is 0 Å². The van der Waals surface area contributed by atoms with Crippen molar-refractivity contribution in [3.05, 3.63) is 0 Å². The van der Waals surface area contributed by atoms with Gasteiger partial charge in [0.1, 0.15) is 24.5 Å². The Morgan fingerprint density at radius 1 is 1.43 bits per heavy atom. The van der Waals surface area contributed by atoms with E-state index in [1.165, 1.54) is 0 Å². The predicted molar refractivity (Wildman–Crippen MR) is 68.7 cm³/mol. The Bertz CT molecular complexity index is 562. The lowest BCUT2D eigenvalue weighted by Crippen LogP contribution is -2.61. The number of urea groups is 1. The molecule has 0 spiro atoms. The minimum absolute atomic E-state index is 0.276. The number of aliphatic carboxylic acids is 1. The molecule has 3 amide bonds. The maximum absolute atomic E-state index is 11.9. The highest BCUT2D eigenvalue weighted by atomic mass is 31.2. The fraction of sp³-hybridized carbons (Fsp3) is 0.700. The number of carboxylic acids is 1. The van der Waals surface area contributed by atoms with E-state index in [-0.39, 0.29) is 6.42 Å². The predicted octanol–water partition coefficient (Wildman–Crippen LogP) is -2.03. The number of carboxylic acid groups (broad SMARTS) is 1. The summed E-state index contributed by atoms with van der Waals surface area (Å²) < 4.78 is 20.7. The summed E-state index contributed by atoms with van der Waals surface area (Å²) in [5, 5.41) is 20.3. The first kappa shape index (κ1) is 17.8. The highest BCUT2D eigenvalue weighted by Crippen LogP contribution is 2.42. The van der Waals surface area contributed by atoms with Gasteiger partial charge < -0.3 is 24.7 Å². The van der Waals surface area contributed by atoms with Gasteiger partial charge in [-0.25, -0.2) is 14.2 Å². The Kier molecular flexibility index (Phi) is 5.04. The molecule has 0 aromatic carbocycles. The number of hydrogen-bond donors (Lipinski definition) is 5. The monoisotopic (exact) mass is 354 g/mol. The van der Waals surface area contributed by atoms with Crippen LogP contribution >= 0.6 is 7.82 Å². The van der Waals surface area contributed by atoms with Crippen molar-refractivity contribution in [3.63, 3.8) is 0 Å². The molecule has 0 saturated carbocycles. The Morgan fingerprint density at radius 2 is 2.09 bits per heavy atom. The molecule has 23 heavy (non-hydrogen) atoms. The minimum atomic E-state index is -4.87. The number of aliphatic hydroxyl groups is 1. The van der Waals surface area contributed by atoms with E-state index >= 15 is 0 Å². The zero-order valence-electron chi connectivity index (χ0n) is 11.6. The maximum Gasteiger partial charge on any atom is 0.469 e. The van der Waals surface area contributed by atoms with Crippen molar-refractivity contribution >= 4 is 25.7 Å². The normalized spacial score (nSPS) is 32.0. The van der Waals surface area contributed by atoms with E-state index in [1.807, 2.05) is 5.32 Å². The number of hydrogen-bond acceptors (Lipinski definition) is 7. The van der Waals surface area contributed by atoms with Gasteiger partial charge >= 0.3 is 19.8 Å². The Balaban J connectivity index is 2.19. The molecule has 0 bridgehead atoms. The molecule has 12 nitrogen and oxygen atoms in total. The molecule has 0 aromatic rings. The fourth-order valence-corrected chi connectivity index (χ4v) is 3.09. The van der Waals surface area contributed by atoms with Crippen molar-refractivity contribution in [2.75, 3.05) is 6.61 Å². The van der Waals surface area contributed by atoms with Crippen LogP contribution in [0.4, 0.5) is 4.79 Å². The Hall–Kier alpha value is -1.56. The average molecular weight is 354 g/mol. The van der Waals surface area contributed by atoms with Crippen LogP contribution in [0.3, 0.4) is 0 Å². The highest BCUT2D eigenvalue weighted by Gasteiger charge is 2.48. The number of phosphoric acid groups is 1. The van der Waals surface area contributed by atoms with Gasteiger partial charge in [0.05, 0.1) is 13.0 Å². The number of ether oxygens (including phenoxy) is 1. The van der Waals surface area contributed by atoms with Gasteiger partial charge in [0.15, 0.2) is 0 Å². The molecule has 2 aliphatic heterocycles. The summed E-state index contributed by atoms with van der Waals surface area (Å²) in [5.74, 6) is -2.20. The van der Waals surface area contributed by atoms with Gasteiger partial charge in [0.25, 0.3) is 0 Å². The van der Waals surface area contributed by atoms with Gasteiger partial charge in [0, 0.05) is 6.42 Å². The van der Waals surface area contributed by atoms with Crippen LogP contribution in [-0.2, 0) is 23.4 Å². The van der Waals surface area contributed by atoms with E-state index in [2.05, 4.69) is 4.52 Å². The van der Waals surface area contributed by atoms with E-state index in [0.717, 1.165) is 4.90 Å². The van der Waals surface area contributed by atoms with Crippen LogP contribution in [0, 0.1) is 0 Å². The van der Waals surface area contributed by atoms with Crippen molar-refractivity contribution in [3.8, 4) is 0 Å². The Morgan fingerprint density at radius 3 is 2.61 bits per heavy atom. The number of nitrogens with one attached hydrogen (secondary N) is 1. The third-order valence-corrected chi connectivity index (χ3v) is 3.97. The number of aliphatic hydroxyl groups excluding tert-OH is 1. The van der Waals surface area contributed by atoms with Crippen LogP contribution in [0.1, 0.15) is 12.8 Å². The molecule has 2 saturated heterocycles. The van der Waals surface area contributed by atoms with Crippen molar-refractivity contribution in [1.82, 2.24) is 10.2 Å². The number of rotatable bonds is 5. The SMILES string of the molecule is O=C1CC(C(=O)O)N([C@H]2C[C@H](OP(=O)(O)O)[C@@H](CO)O2)C(=O)N1. The van der Waals surface area contributed by atoms with Gasteiger partial charge in [-0.1, -0.05) is 0 Å². The first-order valence-electron chi connectivity index (χ1n) is 6.47. The van der Waals surface area contributed by atoms with Crippen molar-refractivity contribution in [2.45, 2.75) is 37.3 Å². The molecule has 0 aliphatic carbocycles.